The molecule has 6 rings (SSSR count). The Morgan fingerprint density at radius 1 is 0.485 bits per heavy atom. The van der Waals surface area contributed by atoms with Crippen LogP contribution in [0.2, 0.25) is 0 Å². The van der Waals surface area contributed by atoms with E-state index >= 15 is 0 Å². The second-order valence-corrected chi connectivity index (χ2v) is 7.72. The van der Waals surface area contributed by atoms with Crippen LogP contribution in [-0.2, 0) is 0 Å². The molecule has 3 aromatic carbocycles. The van der Waals surface area contributed by atoms with E-state index in [-0.39, 0.29) is 0 Å². The number of hydrogen-bond donors (Lipinski definition) is 4. The topological polar surface area (TPSA) is 78.3 Å². The molecule has 164 valence electrons. The van der Waals surface area contributed by atoms with Crippen molar-refractivity contribution in [1.29, 1.82) is 0 Å². The number of benzene rings is 3. The molecule has 5 N–H and O–H groups in total. The highest BCUT2D eigenvalue weighted by molar-refractivity contribution is 5.37. The maximum atomic E-state index is 6.69. The lowest BCUT2D eigenvalue weighted by Crippen LogP contribution is -2.72. The summed E-state index contributed by atoms with van der Waals surface area (Å²) in [5, 5.41) is 14.9. The molecule has 0 saturated heterocycles. The normalized spacial score (nSPS) is 15.5. The summed E-state index contributed by atoms with van der Waals surface area (Å²) in [5.41, 5.74) is 9.82. The third kappa shape index (κ3) is 3.52. The lowest BCUT2D eigenvalue weighted by Gasteiger charge is -2.46. The van der Waals surface area contributed by atoms with Crippen molar-refractivity contribution in [3.05, 3.63) is 104 Å². The first-order chi connectivity index (χ1) is 16.3. The maximum absolute atomic E-state index is 6.69. The predicted molar refractivity (Wildman–Crippen MR) is 127 cm³/mol. The maximum Gasteiger partial charge on any atom is 0.0512 e. The largest absolute Gasteiger partial charge is 0.289 e. The lowest BCUT2D eigenvalue weighted by atomic mass is 10.2. The second kappa shape index (κ2) is 7.92. The molecular weight excluding hydrogens is 414 g/mol. The van der Waals surface area contributed by atoms with Crippen molar-refractivity contribution in [3.63, 3.8) is 0 Å². The molecule has 9 nitrogen and oxygen atoms in total. The molecule has 0 amide bonds. The van der Waals surface area contributed by atoms with Gasteiger partial charge in [0.25, 0.3) is 0 Å². The molecule has 0 spiro atoms. The molecule has 0 aliphatic carbocycles. The van der Waals surface area contributed by atoms with Crippen LogP contribution < -0.4 is 53.4 Å². The Balaban J connectivity index is 1.42. The number of nitrogens with one attached hydrogen (secondary N) is 3. The number of nitrogens with two attached hydrogens (primary N) is 1. The van der Waals surface area contributed by atoms with Crippen LogP contribution in [0.3, 0.4) is 0 Å². The summed E-state index contributed by atoms with van der Waals surface area (Å²) < 4.78 is 0. The Morgan fingerprint density at radius 2 is 0.818 bits per heavy atom. The van der Waals surface area contributed by atoms with Crippen molar-refractivity contribution in [2.45, 2.75) is 0 Å². The average molecular weight is 438 g/mol. The van der Waals surface area contributed by atoms with Gasteiger partial charge in [0, 0.05) is 55.1 Å². The fraction of sp³-hybridized carbons (Fsp3) is 0. The first-order valence-electron chi connectivity index (χ1n) is 10.6. The first kappa shape index (κ1) is 19.3. The number of hydrogen-bond acceptors (Lipinski definition) is 9. The lowest BCUT2D eigenvalue weighted by molar-refractivity contribution is -0.344. The van der Waals surface area contributed by atoms with Gasteiger partial charge in [-0.15, -0.1) is 0 Å². The Kier molecular flexibility index (Phi) is 4.62. The minimum atomic E-state index is 1.05. The highest BCUT2D eigenvalue weighted by Gasteiger charge is 2.29. The summed E-state index contributed by atoms with van der Waals surface area (Å²) in [6, 6.07) is 24.4. The molecular formula is C24H23N9. The van der Waals surface area contributed by atoms with Gasteiger partial charge in [-0.1, -0.05) is 72.8 Å². The standard InChI is InChI=1S/C24H23N9/c25-32(29-16-22-10-4-1-7-19(22)13-26-29)33(30-17-23-11-5-2-8-20(23)14-27-30)31-18-24-12-6-3-9-21(24)15-28-31/h1-18,26-28H,25H2. The highest BCUT2D eigenvalue weighted by atomic mass is 16.3. The third-order valence-corrected chi connectivity index (χ3v) is 5.62. The minimum absolute atomic E-state index is 1.05. The van der Waals surface area contributed by atoms with E-state index in [1.54, 1.807) is 20.6 Å². The average Bonchev–Trinajstić information content (AvgIpc) is 2.88. The monoisotopic (exact) mass is 437 g/mol. The van der Waals surface area contributed by atoms with Gasteiger partial charge < -0.3 is 0 Å². The van der Waals surface area contributed by atoms with Gasteiger partial charge in [-0.05, 0) is 5.23 Å². The SMILES string of the molecule is NN(N1C=c2ccccc2=CN1)N(N1C=c2ccccc2=CN1)N1C=c2ccccc2=CN1. The van der Waals surface area contributed by atoms with Crippen LogP contribution >= 0.6 is 0 Å². The summed E-state index contributed by atoms with van der Waals surface area (Å²) in [5.74, 6) is 6.69. The Hall–Kier alpha value is -4.44. The van der Waals surface area contributed by atoms with E-state index in [1.165, 1.54) is 5.23 Å². The van der Waals surface area contributed by atoms with Crippen LogP contribution in [0.4, 0.5) is 0 Å². The molecule has 0 aromatic heterocycles. The van der Waals surface area contributed by atoms with Crippen molar-refractivity contribution in [3.8, 4) is 0 Å². The predicted octanol–water partition coefficient (Wildman–Crippen LogP) is -2.89. The molecule has 3 aromatic rings. The number of hydrazine groups is 8. The fourth-order valence-electron chi connectivity index (χ4n) is 3.91. The first-order valence-corrected chi connectivity index (χ1v) is 10.6. The Morgan fingerprint density at radius 3 is 1.24 bits per heavy atom. The zero-order chi connectivity index (χ0) is 22.2. The van der Waals surface area contributed by atoms with Gasteiger partial charge in [0.15, 0.2) is 0 Å². The van der Waals surface area contributed by atoms with Crippen molar-refractivity contribution in [2.24, 2.45) is 5.84 Å². The molecule has 3 aliphatic rings. The van der Waals surface area contributed by atoms with Gasteiger partial charge in [-0.25, -0.2) is 5.84 Å². The molecule has 0 radical (unpaired) electrons. The molecule has 3 heterocycles. The summed E-state index contributed by atoms with van der Waals surface area (Å²) in [6.07, 6.45) is 11.7. The van der Waals surface area contributed by atoms with Crippen LogP contribution in [0.25, 0.3) is 37.2 Å². The molecule has 0 fully saturated rings. The van der Waals surface area contributed by atoms with E-state index in [4.69, 9.17) is 5.84 Å². The summed E-state index contributed by atoms with van der Waals surface area (Å²) in [4.78, 5) is 0. The van der Waals surface area contributed by atoms with E-state index in [9.17, 15) is 0 Å². The molecule has 33 heavy (non-hydrogen) atoms. The fourth-order valence-corrected chi connectivity index (χ4v) is 3.91. The van der Waals surface area contributed by atoms with E-state index in [1.807, 2.05) is 85.7 Å². The summed E-state index contributed by atoms with van der Waals surface area (Å²) >= 11 is 0. The number of nitrogens with zero attached hydrogens (tertiary/aromatic N) is 5. The zero-order valence-electron chi connectivity index (χ0n) is 17.7. The molecule has 0 atom stereocenters. The Bertz CT molecular complexity index is 1490. The smallest absolute Gasteiger partial charge is 0.0512 e. The van der Waals surface area contributed by atoms with Gasteiger partial charge in [0.2, 0.25) is 0 Å². The van der Waals surface area contributed by atoms with E-state index < -0.39 is 0 Å². The summed E-state index contributed by atoms with van der Waals surface area (Å²) in [6.45, 7) is 0. The molecule has 9 heteroatoms. The molecule has 3 aliphatic heterocycles. The van der Waals surface area contributed by atoms with Gasteiger partial charge in [-0.3, -0.25) is 16.3 Å². The van der Waals surface area contributed by atoms with Gasteiger partial charge in [0.05, 0.1) is 18.6 Å². The van der Waals surface area contributed by atoms with Gasteiger partial charge in [0.1, 0.15) is 0 Å². The minimum Gasteiger partial charge on any atom is -0.289 e. The van der Waals surface area contributed by atoms with Crippen LogP contribution in [0, 0.1) is 0 Å². The number of fused-ring (bicyclic) bond motifs is 3. The quantitative estimate of drug-likeness (QED) is 0.254. The molecule has 0 bridgehead atoms. The van der Waals surface area contributed by atoms with Crippen molar-refractivity contribution in [2.75, 3.05) is 0 Å². The van der Waals surface area contributed by atoms with Crippen molar-refractivity contribution in [1.82, 2.24) is 42.1 Å². The van der Waals surface area contributed by atoms with Crippen molar-refractivity contribution >= 4 is 37.2 Å². The highest BCUT2D eigenvalue weighted by Crippen LogP contribution is 2.09. The summed E-state index contributed by atoms with van der Waals surface area (Å²) in [7, 11) is 0. The van der Waals surface area contributed by atoms with Crippen molar-refractivity contribution < 1.29 is 0 Å². The zero-order valence-corrected chi connectivity index (χ0v) is 17.7. The number of rotatable bonds is 4. The van der Waals surface area contributed by atoms with E-state index in [2.05, 4.69) is 40.5 Å². The van der Waals surface area contributed by atoms with Gasteiger partial charge in [-0.2, -0.15) is 15.4 Å². The van der Waals surface area contributed by atoms with Crippen LogP contribution in [0.1, 0.15) is 0 Å². The molecule has 0 unspecified atom stereocenters. The Labute approximate surface area is 189 Å². The third-order valence-electron chi connectivity index (χ3n) is 5.62. The second-order valence-electron chi connectivity index (χ2n) is 7.72. The van der Waals surface area contributed by atoms with Gasteiger partial charge >= 0.3 is 0 Å². The molecule has 0 saturated carbocycles. The van der Waals surface area contributed by atoms with E-state index in [0.717, 1.165) is 31.3 Å². The van der Waals surface area contributed by atoms with Crippen LogP contribution in [0.15, 0.2) is 72.8 Å². The van der Waals surface area contributed by atoms with E-state index in [0.29, 0.717) is 0 Å². The van der Waals surface area contributed by atoms with Crippen LogP contribution in [-0.4, -0.2) is 25.8 Å². The van der Waals surface area contributed by atoms with Crippen LogP contribution in [0.5, 0.6) is 0 Å².